The molecule has 0 fully saturated rings. The molecule has 3 N–H and O–H groups in total. The van der Waals surface area contributed by atoms with Crippen LogP contribution in [0.5, 0.6) is 0 Å². The number of aromatic nitrogens is 4. The summed E-state index contributed by atoms with van der Waals surface area (Å²) >= 11 is 0. The molecule has 7 heteroatoms. The summed E-state index contributed by atoms with van der Waals surface area (Å²) in [6.45, 7) is 0.589. The molecule has 0 radical (unpaired) electrons. The molecule has 0 saturated carbocycles. The molecule has 7 nitrogen and oxygen atoms in total. The number of carbonyl (C=O) groups is 1. The third kappa shape index (κ3) is 3.40. The number of amides is 1. The lowest BCUT2D eigenvalue weighted by molar-refractivity contribution is 0.0944. The second-order valence-corrected chi connectivity index (χ2v) is 3.98. The van der Waals surface area contributed by atoms with Gasteiger partial charge in [-0.3, -0.25) is 4.79 Å². The Labute approximate surface area is 116 Å². The van der Waals surface area contributed by atoms with E-state index < -0.39 is 0 Å². The van der Waals surface area contributed by atoms with E-state index >= 15 is 0 Å². The number of pyridine rings is 1. The zero-order chi connectivity index (χ0) is 14.4. The Morgan fingerprint density at radius 3 is 2.95 bits per heavy atom. The molecule has 0 aliphatic rings. The zero-order valence-corrected chi connectivity index (χ0v) is 11.0. The van der Waals surface area contributed by atoms with Gasteiger partial charge in [-0.25, -0.2) is 4.98 Å². The molecule has 1 amide bonds. The van der Waals surface area contributed by atoms with Gasteiger partial charge in [-0.05, 0) is 12.1 Å². The number of aryl methyl sites for hydroxylation is 1. The lowest BCUT2D eigenvalue weighted by Gasteiger charge is -2.04. The molecule has 0 aliphatic carbocycles. The molecule has 20 heavy (non-hydrogen) atoms. The first-order valence-corrected chi connectivity index (χ1v) is 5.97. The number of hydrogen-bond acceptors (Lipinski definition) is 5. The van der Waals surface area contributed by atoms with Crippen LogP contribution in [0.15, 0.2) is 24.7 Å². The van der Waals surface area contributed by atoms with Crippen LogP contribution in [0, 0.1) is 11.8 Å². The highest BCUT2D eigenvalue weighted by Gasteiger charge is 2.08. The first-order valence-electron chi connectivity index (χ1n) is 5.97. The van der Waals surface area contributed by atoms with Crippen molar-refractivity contribution in [2.75, 3.05) is 6.54 Å². The molecule has 2 heterocycles. The van der Waals surface area contributed by atoms with E-state index in [2.05, 4.69) is 32.3 Å². The highest BCUT2D eigenvalue weighted by molar-refractivity contribution is 5.92. The Morgan fingerprint density at radius 2 is 2.35 bits per heavy atom. The van der Waals surface area contributed by atoms with Crippen LogP contribution in [0.2, 0.25) is 0 Å². The van der Waals surface area contributed by atoms with Crippen LogP contribution < -0.4 is 11.1 Å². The lowest BCUT2D eigenvalue weighted by atomic mass is 10.2. The summed E-state index contributed by atoms with van der Waals surface area (Å²) in [6, 6.07) is 3.35. The topological polar surface area (TPSA) is 98.7 Å². The maximum absolute atomic E-state index is 11.9. The maximum Gasteiger partial charge on any atom is 0.270 e. The summed E-state index contributed by atoms with van der Waals surface area (Å²) in [6.07, 6.45) is 3.12. The molecular weight excluding hydrogens is 256 g/mol. The van der Waals surface area contributed by atoms with Gasteiger partial charge in [-0.15, -0.1) is 10.2 Å². The molecule has 0 aromatic carbocycles. The van der Waals surface area contributed by atoms with E-state index in [1.807, 2.05) is 7.05 Å². The normalized spacial score (nSPS) is 9.70. The molecule has 2 rings (SSSR count). The average molecular weight is 270 g/mol. The van der Waals surface area contributed by atoms with Crippen molar-refractivity contribution in [2.45, 2.75) is 6.54 Å². The van der Waals surface area contributed by atoms with Crippen molar-refractivity contribution >= 4 is 5.91 Å². The van der Waals surface area contributed by atoms with E-state index in [9.17, 15) is 4.79 Å². The summed E-state index contributed by atoms with van der Waals surface area (Å²) < 4.78 is 1.74. The Morgan fingerprint density at radius 1 is 1.50 bits per heavy atom. The molecule has 0 unspecified atom stereocenters. The Hall–Kier alpha value is -2.72. The summed E-state index contributed by atoms with van der Waals surface area (Å²) in [7, 11) is 1.81. The predicted molar refractivity (Wildman–Crippen MR) is 72.3 cm³/mol. The number of nitrogens with one attached hydrogen (secondary N) is 1. The van der Waals surface area contributed by atoms with Crippen molar-refractivity contribution in [3.05, 3.63) is 41.7 Å². The Kier molecular flexibility index (Phi) is 4.42. The van der Waals surface area contributed by atoms with Gasteiger partial charge in [-0.1, -0.05) is 11.8 Å². The lowest BCUT2D eigenvalue weighted by Crippen LogP contribution is -2.25. The maximum atomic E-state index is 11.9. The largest absolute Gasteiger partial charge is 0.343 e. The van der Waals surface area contributed by atoms with Crippen LogP contribution in [0.4, 0.5) is 0 Å². The third-order valence-electron chi connectivity index (χ3n) is 2.54. The van der Waals surface area contributed by atoms with Crippen LogP contribution in [0.1, 0.15) is 21.9 Å². The second-order valence-electron chi connectivity index (χ2n) is 3.98. The van der Waals surface area contributed by atoms with Gasteiger partial charge in [-0.2, -0.15) is 0 Å². The summed E-state index contributed by atoms with van der Waals surface area (Å²) in [5.74, 6) is 5.96. The van der Waals surface area contributed by atoms with E-state index in [4.69, 9.17) is 5.73 Å². The van der Waals surface area contributed by atoms with Crippen molar-refractivity contribution in [3.63, 3.8) is 0 Å². The van der Waals surface area contributed by atoms with Gasteiger partial charge in [0.2, 0.25) is 0 Å². The molecule has 2 aromatic rings. The van der Waals surface area contributed by atoms with Gasteiger partial charge in [0, 0.05) is 18.8 Å². The fourth-order valence-corrected chi connectivity index (χ4v) is 1.47. The molecule has 102 valence electrons. The smallest absolute Gasteiger partial charge is 0.270 e. The minimum Gasteiger partial charge on any atom is -0.343 e. The number of hydrogen-bond donors (Lipinski definition) is 2. The molecule has 0 atom stereocenters. The van der Waals surface area contributed by atoms with Crippen molar-refractivity contribution in [1.82, 2.24) is 25.1 Å². The Bertz CT molecular complexity index is 649. The highest BCUT2D eigenvalue weighted by atomic mass is 16.1. The third-order valence-corrected chi connectivity index (χ3v) is 2.54. The fourth-order valence-electron chi connectivity index (χ4n) is 1.47. The standard InChI is InChI=1S/C13H14N6O/c1-19-9-17-18-12(19)8-16-13(20)11-5-4-10(7-15-11)3-2-6-14/h4-5,7,9H,6,8,14H2,1H3,(H,16,20). The average Bonchev–Trinajstić information content (AvgIpc) is 2.88. The van der Waals surface area contributed by atoms with Crippen LogP contribution in [-0.4, -0.2) is 32.2 Å². The van der Waals surface area contributed by atoms with Gasteiger partial charge in [0.1, 0.15) is 12.0 Å². The Balaban J connectivity index is 1.97. The first-order chi connectivity index (χ1) is 9.70. The first kappa shape index (κ1) is 13.7. The monoisotopic (exact) mass is 270 g/mol. The van der Waals surface area contributed by atoms with E-state index in [1.54, 1.807) is 29.2 Å². The molecule has 2 aromatic heterocycles. The molecule has 0 spiro atoms. The SMILES string of the molecule is Cn1cnnc1CNC(=O)c1ccc(C#CCN)cn1. The van der Waals surface area contributed by atoms with Crippen molar-refractivity contribution < 1.29 is 4.79 Å². The van der Waals surface area contributed by atoms with E-state index in [-0.39, 0.29) is 5.91 Å². The summed E-state index contributed by atoms with van der Waals surface area (Å²) in [5.41, 5.74) is 6.33. The van der Waals surface area contributed by atoms with E-state index in [0.717, 1.165) is 5.56 Å². The minimum absolute atomic E-state index is 0.272. The van der Waals surface area contributed by atoms with Crippen molar-refractivity contribution in [1.29, 1.82) is 0 Å². The molecule has 0 aliphatic heterocycles. The highest BCUT2D eigenvalue weighted by Crippen LogP contribution is 1.99. The fraction of sp³-hybridized carbons (Fsp3) is 0.231. The van der Waals surface area contributed by atoms with Crippen LogP contribution in [-0.2, 0) is 13.6 Å². The number of nitrogens with zero attached hydrogens (tertiary/aromatic N) is 4. The molecule has 0 bridgehead atoms. The van der Waals surface area contributed by atoms with Crippen molar-refractivity contribution in [2.24, 2.45) is 12.8 Å². The molecule has 0 saturated heterocycles. The van der Waals surface area contributed by atoms with Gasteiger partial charge in [0.05, 0.1) is 13.1 Å². The minimum atomic E-state index is -0.272. The van der Waals surface area contributed by atoms with E-state index in [0.29, 0.717) is 24.6 Å². The summed E-state index contributed by atoms with van der Waals surface area (Å²) in [4.78, 5) is 15.9. The van der Waals surface area contributed by atoms with Gasteiger partial charge in [0.25, 0.3) is 5.91 Å². The van der Waals surface area contributed by atoms with Crippen molar-refractivity contribution in [3.8, 4) is 11.8 Å². The zero-order valence-electron chi connectivity index (χ0n) is 11.0. The number of rotatable bonds is 3. The predicted octanol–water partition coefficient (Wildman–Crippen LogP) is -0.550. The number of nitrogens with two attached hydrogens (primary N) is 1. The van der Waals surface area contributed by atoms with Gasteiger partial charge < -0.3 is 15.6 Å². The van der Waals surface area contributed by atoms with Crippen LogP contribution in [0.3, 0.4) is 0 Å². The molecular formula is C13H14N6O. The van der Waals surface area contributed by atoms with Gasteiger partial charge >= 0.3 is 0 Å². The van der Waals surface area contributed by atoms with Crippen LogP contribution in [0.25, 0.3) is 0 Å². The summed E-state index contributed by atoms with van der Waals surface area (Å²) in [5, 5.41) is 10.3. The van der Waals surface area contributed by atoms with Crippen LogP contribution >= 0.6 is 0 Å². The second kappa shape index (κ2) is 6.45. The van der Waals surface area contributed by atoms with Gasteiger partial charge in [0.15, 0.2) is 5.82 Å². The quantitative estimate of drug-likeness (QED) is 0.729. The number of carbonyl (C=O) groups excluding carboxylic acids is 1. The van der Waals surface area contributed by atoms with E-state index in [1.165, 1.54) is 0 Å².